The van der Waals surface area contributed by atoms with Crippen molar-refractivity contribution >= 4 is 27.7 Å². The highest BCUT2D eigenvalue weighted by atomic mass is 32.1. The molecule has 0 spiro atoms. The van der Waals surface area contributed by atoms with Crippen molar-refractivity contribution in [2.75, 3.05) is 32.8 Å². The van der Waals surface area contributed by atoms with Crippen molar-refractivity contribution in [1.82, 2.24) is 19.6 Å². The van der Waals surface area contributed by atoms with Crippen LogP contribution in [0.1, 0.15) is 36.2 Å². The zero-order chi connectivity index (χ0) is 18.2. The second-order valence-electron chi connectivity index (χ2n) is 7.70. The lowest BCUT2D eigenvalue weighted by molar-refractivity contribution is 0.0255. The Labute approximate surface area is 162 Å². The SMILES string of the molecule is O=C(N[C@H]1CN2CCC1CC2)c1nsc2ncc(OC3CCOCC3)cc12. The molecule has 1 amide bonds. The molecule has 27 heavy (non-hydrogen) atoms. The van der Waals surface area contributed by atoms with Gasteiger partial charge >= 0.3 is 0 Å². The highest BCUT2D eigenvalue weighted by Gasteiger charge is 2.35. The van der Waals surface area contributed by atoms with Gasteiger partial charge in [-0.3, -0.25) is 4.79 Å². The molecule has 2 aromatic rings. The first-order valence-electron chi connectivity index (χ1n) is 9.79. The summed E-state index contributed by atoms with van der Waals surface area (Å²) in [5, 5.41) is 4.00. The number of nitrogens with one attached hydrogen (secondary N) is 1. The Morgan fingerprint density at radius 1 is 1.26 bits per heavy atom. The molecule has 144 valence electrons. The van der Waals surface area contributed by atoms with Crippen LogP contribution >= 0.6 is 11.5 Å². The maximum Gasteiger partial charge on any atom is 0.271 e. The molecule has 1 atom stereocenters. The highest BCUT2D eigenvalue weighted by Crippen LogP contribution is 2.29. The van der Waals surface area contributed by atoms with Gasteiger partial charge in [-0.2, -0.15) is 4.37 Å². The molecule has 2 bridgehead atoms. The molecular weight excluding hydrogens is 364 g/mol. The number of nitrogens with zero attached hydrogens (tertiary/aromatic N) is 3. The van der Waals surface area contributed by atoms with Crippen LogP contribution in [0.3, 0.4) is 0 Å². The smallest absolute Gasteiger partial charge is 0.271 e. The summed E-state index contributed by atoms with van der Waals surface area (Å²) < 4.78 is 15.8. The molecule has 0 aliphatic carbocycles. The summed E-state index contributed by atoms with van der Waals surface area (Å²) in [4.78, 5) is 20.5. The van der Waals surface area contributed by atoms with E-state index < -0.39 is 0 Å². The minimum absolute atomic E-state index is 0.0926. The molecule has 8 heteroatoms. The summed E-state index contributed by atoms with van der Waals surface area (Å²) in [7, 11) is 0. The van der Waals surface area contributed by atoms with Gasteiger partial charge in [0.1, 0.15) is 16.7 Å². The number of hydrogen-bond donors (Lipinski definition) is 1. The van der Waals surface area contributed by atoms with Crippen LogP contribution in [0.5, 0.6) is 5.75 Å². The monoisotopic (exact) mass is 388 g/mol. The molecule has 0 aromatic carbocycles. The fourth-order valence-corrected chi connectivity index (χ4v) is 5.11. The molecule has 4 fully saturated rings. The van der Waals surface area contributed by atoms with Gasteiger partial charge in [0, 0.05) is 30.8 Å². The fraction of sp³-hybridized carbons (Fsp3) is 0.632. The van der Waals surface area contributed by atoms with Crippen LogP contribution in [0.2, 0.25) is 0 Å². The molecule has 0 unspecified atom stereocenters. The van der Waals surface area contributed by atoms with Gasteiger partial charge in [-0.05, 0) is 49.4 Å². The minimum Gasteiger partial charge on any atom is -0.489 e. The highest BCUT2D eigenvalue weighted by molar-refractivity contribution is 7.13. The Morgan fingerprint density at radius 2 is 2.07 bits per heavy atom. The molecule has 4 saturated heterocycles. The summed E-state index contributed by atoms with van der Waals surface area (Å²) in [5.41, 5.74) is 0.469. The molecule has 0 radical (unpaired) electrons. The van der Waals surface area contributed by atoms with E-state index in [9.17, 15) is 4.79 Å². The van der Waals surface area contributed by atoms with Crippen LogP contribution in [0.15, 0.2) is 12.3 Å². The number of hydrogen-bond acceptors (Lipinski definition) is 7. The average Bonchev–Trinajstić information content (AvgIpc) is 3.13. The molecule has 0 saturated carbocycles. The van der Waals surface area contributed by atoms with Crippen LogP contribution in [0.25, 0.3) is 10.2 Å². The molecular formula is C19H24N4O3S. The van der Waals surface area contributed by atoms with Crippen LogP contribution in [-0.4, -0.2) is 65.2 Å². The lowest BCUT2D eigenvalue weighted by Gasteiger charge is -2.44. The van der Waals surface area contributed by atoms with Crippen LogP contribution in [0.4, 0.5) is 0 Å². The molecule has 4 aliphatic rings. The van der Waals surface area contributed by atoms with Gasteiger partial charge in [0.15, 0.2) is 5.69 Å². The predicted octanol–water partition coefficient (Wildman–Crippen LogP) is 2.07. The number of fused-ring (bicyclic) bond motifs is 4. The molecule has 1 N–H and O–H groups in total. The standard InChI is InChI=1S/C19H24N4O3S/c24-18(21-16-11-23-5-1-12(16)2-6-23)17-15-9-14(10-20-19(15)27-22-17)26-13-3-7-25-8-4-13/h9-10,12-13,16H,1-8,11H2,(H,21,24)/t16-/m0/s1. The van der Waals surface area contributed by atoms with Gasteiger partial charge < -0.3 is 19.7 Å². The summed E-state index contributed by atoms with van der Waals surface area (Å²) >= 11 is 1.27. The van der Waals surface area contributed by atoms with E-state index in [0.717, 1.165) is 55.9 Å². The predicted molar refractivity (Wildman–Crippen MR) is 102 cm³/mol. The van der Waals surface area contributed by atoms with E-state index in [4.69, 9.17) is 9.47 Å². The molecule has 4 aliphatic heterocycles. The van der Waals surface area contributed by atoms with Crippen molar-refractivity contribution in [3.8, 4) is 5.75 Å². The number of pyridine rings is 1. The van der Waals surface area contributed by atoms with Crippen molar-refractivity contribution in [2.24, 2.45) is 5.92 Å². The minimum atomic E-state index is -0.0926. The third-order valence-corrected chi connectivity index (χ3v) is 6.74. The zero-order valence-electron chi connectivity index (χ0n) is 15.2. The Kier molecular flexibility index (Phi) is 4.71. The second kappa shape index (κ2) is 7.33. The van der Waals surface area contributed by atoms with E-state index >= 15 is 0 Å². The van der Waals surface area contributed by atoms with E-state index in [2.05, 4.69) is 19.6 Å². The van der Waals surface area contributed by atoms with Gasteiger partial charge in [-0.1, -0.05) is 0 Å². The van der Waals surface area contributed by atoms with Gasteiger partial charge in [0.05, 0.1) is 19.4 Å². The van der Waals surface area contributed by atoms with Crippen molar-refractivity contribution in [3.63, 3.8) is 0 Å². The zero-order valence-corrected chi connectivity index (χ0v) is 16.0. The molecule has 7 nitrogen and oxygen atoms in total. The van der Waals surface area contributed by atoms with Gasteiger partial charge in [0.2, 0.25) is 0 Å². The van der Waals surface area contributed by atoms with E-state index in [1.807, 2.05) is 6.07 Å². The number of carbonyl (C=O) groups excluding carboxylic acids is 1. The summed E-state index contributed by atoms with van der Waals surface area (Å²) in [6.07, 6.45) is 5.99. The Bertz CT molecular complexity index is 827. The van der Waals surface area contributed by atoms with E-state index in [1.54, 1.807) is 6.20 Å². The maximum absolute atomic E-state index is 12.9. The average molecular weight is 388 g/mol. The van der Waals surface area contributed by atoms with Crippen molar-refractivity contribution in [3.05, 3.63) is 18.0 Å². The lowest BCUT2D eigenvalue weighted by Crippen LogP contribution is -2.57. The topological polar surface area (TPSA) is 76.6 Å². The number of amides is 1. The first-order chi connectivity index (χ1) is 13.3. The molecule has 2 aromatic heterocycles. The quantitative estimate of drug-likeness (QED) is 0.864. The first kappa shape index (κ1) is 17.3. The number of aromatic nitrogens is 2. The summed E-state index contributed by atoms with van der Waals surface area (Å²) in [5.74, 6) is 1.20. The fourth-order valence-electron chi connectivity index (χ4n) is 4.39. The van der Waals surface area contributed by atoms with Crippen LogP contribution in [-0.2, 0) is 4.74 Å². The van der Waals surface area contributed by atoms with E-state index in [1.165, 1.54) is 24.4 Å². The second-order valence-corrected chi connectivity index (χ2v) is 8.45. The van der Waals surface area contributed by atoms with Gasteiger partial charge in [-0.25, -0.2) is 4.98 Å². The lowest BCUT2D eigenvalue weighted by atomic mass is 9.84. The maximum atomic E-state index is 12.9. The van der Waals surface area contributed by atoms with Crippen molar-refractivity contribution < 1.29 is 14.3 Å². The van der Waals surface area contributed by atoms with Crippen LogP contribution < -0.4 is 10.1 Å². The molecule has 6 rings (SSSR count). The number of rotatable bonds is 4. The summed E-state index contributed by atoms with van der Waals surface area (Å²) in [6.45, 7) is 4.73. The Morgan fingerprint density at radius 3 is 2.81 bits per heavy atom. The van der Waals surface area contributed by atoms with Crippen molar-refractivity contribution in [1.29, 1.82) is 0 Å². The van der Waals surface area contributed by atoms with Crippen molar-refractivity contribution in [2.45, 2.75) is 37.8 Å². The summed E-state index contributed by atoms with van der Waals surface area (Å²) in [6, 6.07) is 2.14. The molecule has 6 heterocycles. The third-order valence-electron chi connectivity index (χ3n) is 5.96. The number of piperidine rings is 3. The number of carbonyl (C=O) groups is 1. The first-order valence-corrected chi connectivity index (χ1v) is 10.6. The number of ether oxygens (including phenoxy) is 2. The Balaban J connectivity index is 1.33. The van der Waals surface area contributed by atoms with Gasteiger partial charge in [0.25, 0.3) is 5.91 Å². The van der Waals surface area contributed by atoms with E-state index in [0.29, 0.717) is 17.4 Å². The van der Waals surface area contributed by atoms with E-state index in [-0.39, 0.29) is 18.1 Å². The van der Waals surface area contributed by atoms with Crippen LogP contribution in [0, 0.1) is 5.92 Å². The third kappa shape index (κ3) is 3.53. The van der Waals surface area contributed by atoms with Gasteiger partial charge in [-0.15, -0.1) is 0 Å². The largest absolute Gasteiger partial charge is 0.489 e. The normalized spacial score (nSPS) is 28.4. The Hall–Kier alpha value is -1.77.